The van der Waals surface area contributed by atoms with Gasteiger partial charge in [-0.25, -0.2) is 23.5 Å². The second-order valence-electron chi connectivity index (χ2n) is 11.0. The molecule has 2 aromatic rings. The van der Waals surface area contributed by atoms with Gasteiger partial charge in [0.15, 0.2) is 5.82 Å². The van der Waals surface area contributed by atoms with Crippen molar-refractivity contribution in [3.63, 3.8) is 0 Å². The van der Waals surface area contributed by atoms with Crippen LogP contribution >= 0.6 is 0 Å². The molecular formula is C26H30F2N6O4. The van der Waals surface area contributed by atoms with E-state index in [2.05, 4.69) is 39.3 Å². The van der Waals surface area contributed by atoms with Gasteiger partial charge in [-0.3, -0.25) is 15.0 Å². The molecule has 12 heteroatoms. The number of alkyl halides is 2. The summed E-state index contributed by atoms with van der Waals surface area (Å²) < 4.78 is 38.3. The maximum atomic E-state index is 13.5. The molecule has 202 valence electrons. The topological polar surface area (TPSA) is 109 Å². The molecule has 38 heavy (non-hydrogen) atoms. The molecule has 1 unspecified atom stereocenters. The van der Waals surface area contributed by atoms with Gasteiger partial charge in [0.25, 0.3) is 11.8 Å². The van der Waals surface area contributed by atoms with Gasteiger partial charge in [-0.05, 0) is 44.9 Å². The molecule has 2 saturated heterocycles. The number of nitrogens with one attached hydrogen (secondary N) is 2. The zero-order chi connectivity index (χ0) is 26.7. The van der Waals surface area contributed by atoms with Crippen LogP contribution in [0.25, 0.3) is 0 Å². The van der Waals surface area contributed by atoms with Gasteiger partial charge in [-0.15, -0.1) is 0 Å². The van der Waals surface area contributed by atoms with Crippen LogP contribution < -0.4 is 25.2 Å². The number of fused-ring (bicyclic) bond motifs is 4. The van der Waals surface area contributed by atoms with Crippen LogP contribution in [0.1, 0.15) is 43.6 Å². The fraction of sp³-hybridized carbons (Fsp3) is 0.538. The Bertz CT molecular complexity index is 1270. The minimum atomic E-state index is -2.88. The van der Waals surface area contributed by atoms with Gasteiger partial charge >= 0.3 is 6.03 Å². The molecule has 1 saturated carbocycles. The van der Waals surface area contributed by atoms with Crippen LogP contribution in [0.3, 0.4) is 0 Å². The van der Waals surface area contributed by atoms with Crippen molar-refractivity contribution in [2.75, 3.05) is 41.4 Å². The number of halogens is 2. The number of rotatable bonds is 6. The smallest absolute Gasteiger partial charge is 0.329 e. The maximum absolute atomic E-state index is 13.5. The van der Waals surface area contributed by atoms with Gasteiger partial charge in [0.1, 0.15) is 17.3 Å². The molecule has 0 aromatic carbocycles. The van der Waals surface area contributed by atoms with Gasteiger partial charge in [0.2, 0.25) is 0 Å². The zero-order valence-corrected chi connectivity index (χ0v) is 21.2. The van der Waals surface area contributed by atoms with E-state index in [0.717, 1.165) is 19.4 Å². The van der Waals surface area contributed by atoms with Crippen molar-refractivity contribution in [1.82, 2.24) is 15.3 Å². The first kappa shape index (κ1) is 24.8. The average Bonchev–Trinajstić information content (AvgIpc) is 3.16. The molecule has 0 radical (unpaired) electrons. The minimum Gasteiger partial charge on any atom is -0.493 e. The number of anilines is 3. The van der Waals surface area contributed by atoms with E-state index in [0.29, 0.717) is 42.8 Å². The van der Waals surface area contributed by atoms with E-state index in [4.69, 9.17) is 9.47 Å². The molecule has 4 aliphatic rings. The fourth-order valence-electron chi connectivity index (χ4n) is 5.42. The summed E-state index contributed by atoms with van der Waals surface area (Å²) in [7, 11) is 0. The number of aromatic nitrogens is 2. The summed E-state index contributed by atoms with van der Waals surface area (Å²) in [5.74, 6) is -2.06. The Labute approximate surface area is 218 Å². The van der Waals surface area contributed by atoms with Gasteiger partial charge < -0.3 is 19.7 Å². The predicted octanol–water partition coefficient (Wildman–Crippen LogP) is 3.44. The van der Waals surface area contributed by atoms with Crippen LogP contribution in [0.4, 0.5) is 30.9 Å². The van der Waals surface area contributed by atoms with Crippen LogP contribution in [-0.4, -0.2) is 71.8 Å². The quantitative estimate of drug-likeness (QED) is 0.591. The minimum absolute atomic E-state index is 0.0145. The van der Waals surface area contributed by atoms with Crippen LogP contribution in [0.15, 0.2) is 30.5 Å². The summed E-state index contributed by atoms with van der Waals surface area (Å²) in [6.45, 7) is 6.64. The lowest BCUT2D eigenvalue weighted by atomic mass is 9.99. The van der Waals surface area contributed by atoms with Gasteiger partial charge in [-0.1, -0.05) is 0 Å². The summed E-state index contributed by atoms with van der Waals surface area (Å²) in [5.41, 5.74) is 0.553. The molecule has 1 aliphatic carbocycles. The van der Waals surface area contributed by atoms with Crippen molar-refractivity contribution in [3.05, 3.63) is 36.2 Å². The van der Waals surface area contributed by atoms with Crippen molar-refractivity contribution in [1.29, 1.82) is 0 Å². The van der Waals surface area contributed by atoms with Gasteiger partial charge in [0, 0.05) is 37.7 Å². The van der Waals surface area contributed by atoms with Crippen molar-refractivity contribution in [2.24, 2.45) is 5.92 Å². The molecule has 3 amide bonds. The van der Waals surface area contributed by atoms with E-state index in [1.165, 1.54) is 11.0 Å². The molecule has 10 nitrogen and oxygen atoms in total. The highest BCUT2D eigenvalue weighted by Gasteiger charge is 2.58. The van der Waals surface area contributed by atoms with E-state index in [9.17, 15) is 18.4 Å². The standard InChI is InChI=1S/C26H30F2N6O4/c1-25(2)10-15(14-38-25)13-37-17-5-7-29-21(9-17)32-24(36)34-16-6-8-33(12-16)19-4-3-18(30-22(19)34)23(35)31-20-11-26(20,27)28/h3-5,7,9,15-16,20H,6,8,10-14H2,1-2H3,(H,31,35)(H,29,32,36)/t15-,16-,20?/m0/s1. The third-order valence-electron chi connectivity index (χ3n) is 7.48. The first-order valence-corrected chi connectivity index (χ1v) is 12.9. The van der Waals surface area contributed by atoms with Crippen molar-refractivity contribution in [2.45, 2.75) is 56.7 Å². The lowest BCUT2D eigenvalue weighted by Gasteiger charge is -2.35. The first-order valence-electron chi connectivity index (χ1n) is 12.9. The van der Waals surface area contributed by atoms with Crippen LogP contribution in [0.2, 0.25) is 0 Å². The molecule has 3 atom stereocenters. The number of ether oxygens (including phenoxy) is 2. The third kappa shape index (κ3) is 4.84. The Balaban J connectivity index is 1.16. The highest BCUT2D eigenvalue weighted by Crippen LogP contribution is 2.42. The van der Waals surface area contributed by atoms with E-state index in [-0.39, 0.29) is 29.7 Å². The van der Waals surface area contributed by atoms with Crippen molar-refractivity contribution in [3.8, 4) is 5.75 Å². The maximum Gasteiger partial charge on any atom is 0.329 e. The molecule has 6 rings (SSSR count). The number of carbonyl (C=O) groups excluding carboxylic acids is 2. The summed E-state index contributed by atoms with van der Waals surface area (Å²) in [4.78, 5) is 38.4. The molecule has 3 fully saturated rings. The molecule has 5 heterocycles. The third-order valence-corrected chi connectivity index (χ3v) is 7.48. The number of urea groups is 1. The van der Waals surface area contributed by atoms with E-state index in [1.54, 1.807) is 24.4 Å². The average molecular weight is 529 g/mol. The zero-order valence-electron chi connectivity index (χ0n) is 21.2. The van der Waals surface area contributed by atoms with E-state index < -0.39 is 23.9 Å². The summed E-state index contributed by atoms with van der Waals surface area (Å²) in [5, 5.41) is 5.15. The number of hydrogen-bond acceptors (Lipinski definition) is 7. The van der Waals surface area contributed by atoms with Crippen LogP contribution in [-0.2, 0) is 4.74 Å². The summed E-state index contributed by atoms with van der Waals surface area (Å²) in [6, 6.07) is 4.85. The number of carbonyl (C=O) groups is 2. The Morgan fingerprint density at radius 3 is 2.79 bits per heavy atom. The number of amides is 3. The van der Waals surface area contributed by atoms with Crippen LogP contribution in [0.5, 0.6) is 5.75 Å². The van der Waals surface area contributed by atoms with E-state index in [1.807, 2.05) is 0 Å². The second-order valence-corrected chi connectivity index (χ2v) is 11.0. The van der Waals surface area contributed by atoms with Crippen molar-refractivity contribution >= 4 is 29.3 Å². The lowest BCUT2D eigenvalue weighted by molar-refractivity contribution is 0.0341. The van der Waals surface area contributed by atoms with Crippen LogP contribution in [0, 0.1) is 5.92 Å². The first-order chi connectivity index (χ1) is 18.1. The van der Waals surface area contributed by atoms with Gasteiger partial charge in [0.05, 0.1) is 36.6 Å². The summed E-state index contributed by atoms with van der Waals surface area (Å²) >= 11 is 0. The second kappa shape index (κ2) is 9.04. The summed E-state index contributed by atoms with van der Waals surface area (Å²) in [6.07, 6.45) is 2.83. The Morgan fingerprint density at radius 1 is 1.24 bits per heavy atom. The number of hydrogen-bond donors (Lipinski definition) is 2. The molecule has 3 aliphatic heterocycles. The predicted molar refractivity (Wildman–Crippen MR) is 135 cm³/mol. The largest absolute Gasteiger partial charge is 0.493 e. The number of nitrogens with zero attached hydrogens (tertiary/aromatic N) is 4. The Morgan fingerprint density at radius 2 is 2.05 bits per heavy atom. The monoisotopic (exact) mass is 528 g/mol. The molecular weight excluding hydrogens is 498 g/mol. The Hall–Kier alpha value is -3.54. The molecule has 0 spiro atoms. The van der Waals surface area contributed by atoms with Crippen molar-refractivity contribution < 1.29 is 27.8 Å². The lowest BCUT2D eigenvalue weighted by Crippen LogP contribution is -2.48. The molecule has 2 bridgehead atoms. The number of pyridine rings is 2. The van der Waals surface area contributed by atoms with Gasteiger partial charge in [-0.2, -0.15) is 0 Å². The highest BCUT2D eigenvalue weighted by atomic mass is 19.3. The SMILES string of the molecule is CC1(C)C[C@@H](COc2ccnc(NC(=O)N3c4nc(C(=O)NC5CC5(F)F)ccc4N4CC[C@H]3C4)c2)CO1. The molecule has 2 N–H and O–H groups in total. The highest BCUT2D eigenvalue weighted by molar-refractivity contribution is 6.05. The normalized spacial score (nSPS) is 26.1. The van der Waals surface area contributed by atoms with E-state index >= 15 is 0 Å². The molecule has 2 aromatic heterocycles. The Kier molecular flexibility index (Phi) is 5.89. The fourth-order valence-corrected chi connectivity index (χ4v) is 5.42.